The van der Waals surface area contributed by atoms with Crippen molar-refractivity contribution in [1.82, 2.24) is 9.55 Å². The second-order valence-corrected chi connectivity index (χ2v) is 2.44. The maximum Gasteiger partial charge on any atom is 0.134 e. The van der Waals surface area contributed by atoms with Gasteiger partial charge in [-0.05, 0) is 0 Å². The van der Waals surface area contributed by atoms with Crippen LogP contribution in [0, 0.1) is 0 Å². The normalized spacial score (nSPS) is 9.91. The number of aryl methyl sites for hydroxylation is 1. The topological polar surface area (TPSA) is 34.9 Å². The Bertz CT molecular complexity index is 216. The van der Waals surface area contributed by atoms with Crippen molar-refractivity contribution in [1.29, 1.82) is 0 Å². The minimum absolute atomic E-state index is 0.304. The first-order valence-corrected chi connectivity index (χ1v) is 3.80. The van der Waals surface area contributed by atoms with Crippen LogP contribution in [0.5, 0.6) is 0 Å². The Morgan fingerprint density at radius 1 is 1.64 bits per heavy atom. The third kappa shape index (κ3) is 2.53. The molecule has 0 N–H and O–H groups in total. The van der Waals surface area contributed by atoms with Crippen molar-refractivity contribution >= 4 is 5.78 Å². The van der Waals surface area contributed by atoms with Gasteiger partial charge in [-0.15, -0.1) is 0 Å². The Morgan fingerprint density at radius 2 is 2.45 bits per heavy atom. The molecule has 3 nitrogen and oxygen atoms in total. The van der Waals surface area contributed by atoms with E-state index in [9.17, 15) is 4.79 Å². The molecule has 0 spiro atoms. The molecule has 0 aliphatic rings. The van der Waals surface area contributed by atoms with Crippen molar-refractivity contribution in [3.8, 4) is 0 Å². The lowest BCUT2D eigenvalue weighted by Crippen LogP contribution is -2.02. The van der Waals surface area contributed by atoms with E-state index in [0.717, 1.165) is 6.54 Å². The first kappa shape index (κ1) is 7.98. The van der Waals surface area contributed by atoms with Crippen LogP contribution in [0.2, 0.25) is 0 Å². The third-order valence-corrected chi connectivity index (χ3v) is 1.60. The van der Waals surface area contributed by atoms with Gasteiger partial charge in [0.05, 0.1) is 6.33 Å². The minimum Gasteiger partial charge on any atom is -0.337 e. The quantitative estimate of drug-likeness (QED) is 0.650. The van der Waals surface area contributed by atoms with Gasteiger partial charge in [0.15, 0.2) is 0 Å². The Hall–Kier alpha value is -1.12. The van der Waals surface area contributed by atoms with Gasteiger partial charge in [-0.3, -0.25) is 4.79 Å². The fourth-order valence-electron chi connectivity index (χ4n) is 0.850. The van der Waals surface area contributed by atoms with E-state index in [2.05, 4.69) is 4.98 Å². The van der Waals surface area contributed by atoms with Gasteiger partial charge in [0, 0.05) is 31.8 Å². The number of ketones is 1. The molecule has 60 valence electrons. The highest BCUT2D eigenvalue weighted by atomic mass is 16.1. The van der Waals surface area contributed by atoms with Gasteiger partial charge in [-0.1, -0.05) is 6.92 Å². The molecule has 0 bridgehead atoms. The molecule has 0 saturated carbocycles. The lowest BCUT2D eigenvalue weighted by Gasteiger charge is -1.98. The van der Waals surface area contributed by atoms with Gasteiger partial charge in [0.25, 0.3) is 0 Å². The van der Waals surface area contributed by atoms with Gasteiger partial charge >= 0.3 is 0 Å². The molecule has 3 heteroatoms. The molecular weight excluding hydrogens is 140 g/mol. The molecule has 0 saturated heterocycles. The van der Waals surface area contributed by atoms with Crippen LogP contribution in [0.1, 0.15) is 19.8 Å². The fourth-order valence-corrected chi connectivity index (χ4v) is 0.850. The van der Waals surface area contributed by atoms with Crippen molar-refractivity contribution in [2.45, 2.75) is 26.3 Å². The number of Topliss-reactive ketones (excluding diaryl/α,β-unsaturated/α-hetero) is 1. The summed E-state index contributed by atoms with van der Waals surface area (Å²) in [6, 6.07) is 0. The smallest absolute Gasteiger partial charge is 0.134 e. The minimum atomic E-state index is 0.304. The van der Waals surface area contributed by atoms with E-state index < -0.39 is 0 Å². The molecule has 0 fully saturated rings. The average molecular weight is 152 g/mol. The summed E-state index contributed by atoms with van der Waals surface area (Å²) in [6.45, 7) is 2.64. The molecule has 0 aliphatic carbocycles. The molecule has 1 rings (SSSR count). The second-order valence-electron chi connectivity index (χ2n) is 2.44. The van der Waals surface area contributed by atoms with Crippen LogP contribution in [-0.4, -0.2) is 15.3 Å². The third-order valence-electron chi connectivity index (χ3n) is 1.60. The van der Waals surface area contributed by atoms with E-state index in [1.165, 1.54) is 0 Å². The van der Waals surface area contributed by atoms with Crippen molar-refractivity contribution < 1.29 is 4.79 Å². The van der Waals surface area contributed by atoms with Crippen LogP contribution in [0.3, 0.4) is 0 Å². The molecule has 0 atom stereocenters. The Morgan fingerprint density at radius 3 is 3.00 bits per heavy atom. The SMILES string of the molecule is CCC(=O)CCn1ccnc1. The molecular formula is C8H12N2O. The fraction of sp³-hybridized carbons (Fsp3) is 0.500. The molecule has 1 aromatic heterocycles. The van der Waals surface area contributed by atoms with Gasteiger partial charge in [0.2, 0.25) is 0 Å². The van der Waals surface area contributed by atoms with Gasteiger partial charge in [0.1, 0.15) is 5.78 Å². The highest BCUT2D eigenvalue weighted by molar-refractivity contribution is 5.77. The lowest BCUT2D eigenvalue weighted by molar-refractivity contribution is -0.118. The largest absolute Gasteiger partial charge is 0.337 e. The van der Waals surface area contributed by atoms with Gasteiger partial charge in [-0.2, -0.15) is 0 Å². The number of hydrogen-bond donors (Lipinski definition) is 0. The number of aromatic nitrogens is 2. The molecule has 0 aliphatic heterocycles. The van der Waals surface area contributed by atoms with Crippen molar-refractivity contribution in [2.75, 3.05) is 0 Å². The number of hydrogen-bond acceptors (Lipinski definition) is 2. The Labute approximate surface area is 66.1 Å². The first-order valence-electron chi connectivity index (χ1n) is 3.80. The van der Waals surface area contributed by atoms with Crippen LogP contribution in [-0.2, 0) is 11.3 Å². The summed E-state index contributed by atoms with van der Waals surface area (Å²) in [4.78, 5) is 14.8. The van der Waals surface area contributed by atoms with E-state index in [0.29, 0.717) is 18.6 Å². The zero-order valence-corrected chi connectivity index (χ0v) is 6.66. The Balaban J connectivity index is 2.29. The predicted octanol–water partition coefficient (Wildman–Crippen LogP) is 1.25. The van der Waals surface area contributed by atoms with Crippen LogP contribution >= 0.6 is 0 Å². The maximum atomic E-state index is 10.9. The van der Waals surface area contributed by atoms with E-state index in [-0.39, 0.29) is 0 Å². The standard InChI is InChI=1S/C8H12N2O/c1-2-8(11)3-5-10-6-4-9-7-10/h4,6-7H,2-3,5H2,1H3. The van der Waals surface area contributed by atoms with Crippen LogP contribution in [0.25, 0.3) is 0 Å². The molecule has 0 aromatic carbocycles. The van der Waals surface area contributed by atoms with Crippen molar-refractivity contribution in [2.24, 2.45) is 0 Å². The van der Waals surface area contributed by atoms with E-state index in [1.54, 1.807) is 12.5 Å². The molecule has 1 heterocycles. The second kappa shape index (κ2) is 3.91. The van der Waals surface area contributed by atoms with Crippen LogP contribution < -0.4 is 0 Å². The first-order chi connectivity index (χ1) is 5.33. The van der Waals surface area contributed by atoms with Crippen LogP contribution in [0.4, 0.5) is 0 Å². The Kier molecular flexibility index (Phi) is 2.83. The van der Waals surface area contributed by atoms with E-state index in [1.807, 2.05) is 17.7 Å². The number of imidazole rings is 1. The summed E-state index contributed by atoms with van der Waals surface area (Å²) < 4.78 is 1.91. The van der Waals surface area contributed by atoms with Crippen molar-refractivity contribution in [3.05, 3.63) is 18.7 Å². The van der Waals surface area contributed by atoms with Gasteiger partial charge < -0.3 is 4.57 Å². The van der Waals surface area contributed by atoms with E-state index >= 15 is 0 Å². The summed E-state index contributed by atoms with van der Waals surface area (Å²) in [5, 5.41) is 0. The highest BCUT2D eigenvalue weighted by Crippen LogP contribution is 1.93. The average Bonchev–Trinajstić information content (AvgIpc) is 2.52. The summed E-state index contributed by atoms with van der Waals surface area (Å²) in [6.07, 6.45) is 6.56. The number of nitrogens with zero attached hydrogens (tertiary/aromatic N) is 2. The maximum absolute atomic E-state index is 10.9. The number of rotatable bonds is 4. The van der Waals surface area contributed by atoms with Gasteiger partial charge in [-0.25, -0.2) is 4.98 Å². The molecule has 0 radical (unpaired) electrons. The summed E-state index contributed by atoms with van der Waals surface area (Å²) in [5.41, 5.74) is 0. The summed E-state index contributed by atoms with van der Waals surface area (Å²) in [7, 11) is 0. The summed E-state index contributed by atoms with van der Waals surface area (Å²) in [5.74, 6) is 0.304. The number of carbonyl (C=O) groups excluding carboxylic acids is 1. The molecule has 0 unspecified atom stereocenters. The zero-order valence-electron chi connectivity index (χ0n) is 6.66. The van der Waals surface area contributed by atoms with Crippen molar-refractivity contribution in [3.63, 3.8) is 0 Å². The van der Waals surface area contributed by atoms with Crippen LogP contribution in [0.15, 0.2) is 18.7 Å². The monoisotopic (exact) mass is 152 g/mol. The number of carbonyl (C=O) groups is 1. The zero-order chi connectivity index (χ0) is 8.10. The predicted molar refractivity (Wildman–Crippen MR) is 42.1 cm³/mol. The molecule has 1 aromatic rings. The molecule has 11 heavy (non-hydrogen) atoms. The lowest BCUT2D eigenvalue weighted by atomic mass is 10.2. The molecule has 0 amide bonds. The highest BCUT2D eigenvalue weighted by Gasteiger charge is 1.97. The summed E-state index contributed by atoms with van der Waals surface area (Å²) >= 11 is 0. The van der Waals surface area contributed by atoms with E-state index in [4.69, 9.17) is 0 Å².